The predicted octanol–water partition coefficient (Wildman–Crippen LogP) is 8.09. The van der Waals surface area contributed by atoms with Crippen molar-refractivity contribution in [2.45, 2.75) is 12.5 Å². The zero-order valence-corrected chi connectivity index (χ0v) is 25.9. The SMILES string of the molecule is COc1cc(C2C(C#N)=C(N)Oc3cc(OC(=O)COc4ccc(Cl)cc4Cl)ccc32)ccc1OCc1ccc(Cl)cc1Cl. The number of carbonyl (C=O) groups excluding carboxylic acids is 1. The average Bonchev–Trinajstić information content (AvgIpc) is 2.99. The Labute approximate surface area is 273 Å². The minimum absolute atomic E-state index is 0.0779. The summed E-state index contributed by atoms with van der Waals surface area (Å²) in [5, 5.41) is 11.7. The van der Waals surface area contributed by atoms with Gasteiger partial charge in [0.1, 0.15) is 35.5 Å². The highest BCUT2D eigenvalue weighted by atomic mass is 35.5. The van der Waals surface area contributed by atoms with Gasteiger partial charge in [-0.15, -0.1) is 0 Å². The lowest BCUT2D eigenvalue weighted by Crippen LogP contribution is -2.22. The highest BCUT2D eigenvalue weighted by Gasteiger charge is 2.32. The van der Waals surface area contributed by atoms with Crippen LogP contribution in [0.3, 0.4) is 0 Å². The highest BCUT2D eigenvalue weighted by molar-refractivity contribution is 6.35. The fourth-order valence-corrected chi connectivity index (χ4v) is 5.44. The molecule has 0 fully saturated rings. The second-order valence-electron chi connectivity index (χ2n) is 9.40. The first-order chi connectivity index (χ1) is 21.2. The topological polar surface area (TPSA) is 113 Å². The molecule has 0 bridgehead atoms. The van der Waals surface area contributed by atoms with Crippen LogP contribution in [-0.4, -0.2) is 19.7 Å². The first-order valence-electron chi connectivity index (χ1n) is 12.9. The van der Waals surface area contributed by atoms with Gasteiger partial charge >= 0.3 is 5.97 Å². The zero-order chi connectivity index (χ0) is 31.4. The third kappa shape index (κ3) is 6.93. The van der Waals surface area contributed by atoms with E-state index in [-0.39, 0.29) is 34.6 Å². The number of hydrogen-bond donors (Lipinski definition) is 1. The Bertz CT molecular complexity index is 1820. The molecule has 0 saturated carbocycles. The molecule has 0 aliphatic carbocycles. The summed E-state index contributed by atoms with van der Waals surface area (Å²) in [4.78, 5) is 12.5. The molecule has 1 atom stereocenters. The minimum Gasteiger partial charge on any atom is -0.493 e. The molecule has 1 heterocycles. The van der Waals surface area contributed by atoms with Crippen molar-refractivity contribution in [2.24, 2.45) is 5.73 Å². The molecule has 5 rings (SSSR count). The van der Waals surface area contributed by atoms with E-state index in [4.69, 9.17) is 75.8 Å². The van der Waals surface area contributed by atoms with Gasteiger partial charge < -0.3 is 29.4 Å². The molecule has 1 aliphatic rings. The van der Waals surface area contributed by atoms with Crippen LogP contribution in [0.25, 0.3) is 0 Å². The van der Waals surface area contributed by atoms with E-state index in [2.05, 4.69) is 6.07 Å². The molecule has 1 unspecified atom stereocenters. The van der Waals surface area contributed by atoms with E-state index in [1.54, 1.807) is 60.7 Å². The van der Waals surface area contributed by atoms with Gasteiger partial charge in [-0.1, -0.05) is 64.6 Å². The van der Waals surface area contributed by atoms with Gasteiger partial charge in [0.15, 0.2) is 18.1 Å². The second-order valence-corrected chi connectivity index (χ2v) is 11.1. The van der Waals surface area contributed by atoms with Crippen molar-refractivity contribution >= 4 is 52.4 Å². The number of rotatable bonds is 9. The van der Waals surface area contributed by atoms with Crippen molar-refractivity contribution < 1.29 is 28.5 Å². The molecule has 0 spiro atoms. The van der Waals surface area contributed by atoms with Crippen molar-refractivity contribution in [3.63, 3.8) is 0 Å². The van der Waals surface area contributed by atoms with Gasteiger partial charge in [-0.25, -0.2) is 4.79 Å². The number of allylic oxidation sites excluding steroid dienone is 1. The highest BCUT2D eigenvalue weighted by Crippen LogP contribution is 2.45. The maximum Gasteiger partial charge on any atom is 0.349 e. The number of nitrogens with two attached hydrogens (primary N) is 1. The van der Waals surface area contributed by atoms with Crippen LogP contribution in [0, 0.1) is 11.3 Å². The van der Waals surface area contributed by atoms with E-state index in [9.17, 15) is 10.1 Å². The molecular formula is C32H22Cl4N2O6. The maximum atomic E-state index is 12.5. The van der Waals surface area contributed by atoms with Crippen molar-refractivity contribution in [3.05, 3.63) is 121 Å². The van der Waals surface area contributed by atoms with Crippen LogP contribution in [0.4, 0.5) is 0 Å². The quantitative estimate of drug-likeness (QED) is 0.140. The zero-order valence-electron chi connectivity index (χ0n) is 22.9. The van der Waals surface area contributed by atoms with Gasteiger partial charge in [-0.05, 0) is 54.1 Å². The van der Waals surface area contributed by atoms with Crippen LogP contribution >= 0.6 is 46.4 Å². The number of nitriles is 1. The fourth-order valence-electron chi connectivity index (χ4n) is 4.51. The van der Waals surface area contributed by atoms with Gasteiger partial charge in [0.05, 0.1) is 18.1 Å². The van der Waals surface area contributed by atoms with Gasteiger partial charge in [-0.3, -0.25) is 0 Å². The number of hydrogen-bond acceptors (Lipinski definition) is 8. The maximum absolute atomic E-state index is 12.5. The van der Waals surface area contributed by atoms with Crippen molar-refractivity contribution in [3.8, 4) is 34.8 Å². The number of carbonyl (C=O) groups is 1. The molecule has 4 aromatic rings. The van der Waals surface area contributed by atoms with Gasteiger partial charge in [-0.2, -0.15) is 5.26 Å². The van der Waals surface area contributed by atoms with Gasteiger partial charge in [0, 0.05) is 32.3 Å². The number of halogens is 4. The summed E-state index contributed by atoms with van der Waals surface area (Å²) in [6.07, 6.45) is 0. The lowest BCUT2D eigenvalue weighted by Gasteiger charge is -2.27. The Hall–Kier alpha value is -4.26. The number of fused-ring (bicyclic) bond motifs is 1. The molecule has 224 valence electrons. The number of benzene rings is 4. The number of esters is 1. The monoisotopic (exact) mass is 670 g/mol. The molecular weight excluding hydrogens is 650 g/mol. The summed E-state index contributed by atoms with van der Waals surface area (Å²) in [6.45, 7) is -0.220. The number of ether oxygens (including phenoxy) is 5. The standard InChI is InChI=1S/C32H22Cl4N2O6/c1-40-29-10-17(3-8-27(29)41-15-18-2-4-19(33)11-24(18)35)31-22-7-6-21(13-28(22)44-32(38)23(31)14-37)43-30(39)16-42-26-9-5-20(34)12-25(26)36/h2-13,31H,15-16,38H2,1H3. The smallest absolute Gasteiger partial charge is 0.349 e. The average molecular weight is 672 g/mol. The summed E-state index contributed by atoms with van der Waals surface area (Å²) in [5.74, 6) is 0.335. The van der Waals surface area contributed by atoms with Crippen molar-refractivity contribution in [1.82, 2.24) is 0 Å². The lowest BCUT2D eigenvalue weighted by atomic mass is 9.83. The molecule has 44 heavy (non-hydrogen) atoms. The van der Waals surface area contributed by atoms with E-state index in [1.807, 2.05) is 0 Å². The van der Waals surface area contributed by atoms with E-state index >= 15 is 0 Å². The van der Waals surface area contributed by atoms with E-state index in [0.29, 0.717) is 43.4 Å². The largest absolute Gasteiger partial charge is 0.493 e. The van der Waals surface area contributed by atoms with Crippen molar-refractivity contribution in [1.29, 1.82) is 5.26 Å². The third-order valence-electron chi connectivity index (χ3n) is 6.58. The van der Waals surface area contributed by atoms with E-state index in [0.717, 1.165) is 5.56 Å². The van der Waals surface area contributed by atoms with Crippen LogP contribution < -0.4 is 29.4 Å². The first-order valence-corrected chi connectivity index (χ1v) is 14.4. The summed E-state index contributed by atoms with van der Waals surface area (Å²) >= 11 is 24.3. The van der Waals surface area contributed by atoms with Gasteiger partial charge in [0.25, 0.3) is 0 Å². The fraction of sp³-hybridized carbons (Fsp3) is 0.125. The number of methoxy groups -OCH3 is 1. The van der Waals surface area contributed by atoms with Crippen LogP contribution in [0.15, 0.2) is 84.3 Å². The molecule has 0 radical (unpaired) electrons. The van der Waals surface area contributed by atoms with Gasteiger partial charge in [0.2, 0.25) is 5.88 Å². The predicted molar refractivity (Wildman–Crippen MR) is 167 cm³/mol. The molecule has 0 saturated heterocycles. The van der Waals surface area contributed by atoms with Crippen LogP contribution in [-0.2, 0) is 11.4 Å². The summed E-state index contributed by atoms with van der Waals surface area (Å²) < 4.78 is 28.2. The normalized spacial score (nSPS) is 13.8. The Kier molecular flexibility index (Phi) is 9.62. The summed E-state index contributed by atoms with van der Waals surface area (Å²) in [5.41, 5.74) is 8.45. The molecule has 2 N–H and O–H groups in total. The molecule has 1 aliphatic heterocycles. The summed E-state index contributed by atoms with van der Waals surface area (Å²) in [6, 6.07) is 22.0. The van der Waals surface area contributed by atoms with Crippen molar-refractivity contribution in [2.75, 3.05) is 13.7 Å². The second kappa shape index (κ2) is 13.6. The number of nitrogens with zero attached hydrogens (tertiary/aromatic N) is 1. The van der Waals surface area contributed by atoms with Crippen LogP contribution in [0.5, 0.6) is 28.7 Å². The molecule has 8 nitrogen and oxygen atoms in total. The molecule has 12 heteroatoms. The Balaban J connectivity index is 1.35. The first kappa shape index (κ1) is 31.2. The minimum atomic E-state index is -0.676. The molecule has 4 aromatic carbocycles. The third-order valence-corrected chi connectivity index (χ3v) is 7.70. The summed E-state index contributed by atoms with van der Waals surface area (Å²) in [7, 11) is 1.51. The van der Waals surface area contributed by atoms with Crippen LogP contribution in [0.1, 0.15) is 22.6 Å². The Morgan fingerprint density at radius 3 is 2.32 bits per heavy atom. The molecule has 0 amide bonds. The lowest BCUT2D eigenvalue weighted by molar-refractivity contribution is -0.136. The Morgan fingerprint density at radius 2 is 1.61 bits per heavy atom. The van der Waals surface area contributed by atoms with Crippen LogP contribution in [0.2, 0.25) is 20.1 Å². The van der Waals surface area contributed by atoms with E-state index < -0.39 is 18.5 Å². The molecule has 0 aromatic heterocycles. The van der Waals surface area contributed by atoms with E-state index in [1.165, 1.54) is 19.2 Å². The Morgan fingerprint density at radius 1 is 0.886 bits per heavy atom.